The molecule has 0 saturated carbocycles. The van der Waals surface area contributed by atoms with Crippen molar-refractivity contribution in [2.75, 3.05) is 26.3 Å². The van der Waals surface area contributed by atoms with Gasteiger partial charge in [-0.05, 0) is 23.6 Å². The van der Waals surface area contributed by atoms with Crippen molar-refractivity contribution in [3.8, 4) is 5.75 Å². The monoisotopic (exact) mass is 358 g/mol. The molecule has 2 aromatic rings. The van der Waals surface area contributed by atoms with E-state index in [1.54, 1.807) is 12.1 Å². The Kier molecular flexibility index (Phi) is 6.17. The third-order valence-electron chi connectivity index (χ3n) is 4.30. The highest BCUT2D eigenvalue weighted by Crippen LogP contribution is 2.27. The van der Waals surface area contributed by atoms with Gasteiger partial charge in [0.2, 0.25) is 0 Å². The molecule has 1 aliphatic rings. The fraction of sp³-hybridized carbons (Fsp3) is 0.368. The molecule has 0 spiro atoms. The summed E-state index contributed by atoms with van der Waals surface area (Å²) in [7, 11) is 0. The molecule has 7 heteroatoms. The SMILES string of the molecule is O=[N+]([O-])c1ccccc1OC[C@H](O)CNC[C@@H]1OCCc2ccccc21. The quantitative estimate of drug-likeness (QED) is 0.555. The summed E-state index contributed by atoms with van der Waals surface area (Å²) in [6.07, 6.45) is 0.0934. The first-order valence-electron chi connectivity index (χ1n) is 8.59. The molecule has 1 heterocycles. The van der Waals surface area contributed by atoms with Gasteiger partial charge >= 0.3 is 5.69 Å². The van der Waals surface area contributed by atoms with Gasteiger partial charge in [0.25, 0.3) is 0 Å². The molecule has 0 aliphatic carbocycles. The Morgan fingerprint density at radius 2 is 2.04 bits per heavy atom. The minimum absolute atomic E-state index is 0.0278. The Morgan fingerprint density at radius 1 is 1.27 bits per heavy atom. The number of nitrogens with one attached hydrogen (secondary N) is 1. The van der Waals surface area contributed by atoms with E-state index in [2.05, 4.69) is 17.4 Å². The van der Waals surface area contributed by atoms with Crippen LogP contribution in [0.25, 0.3) is 0 Å². The first-order valence-corrected chi connectivity index (χ1v) is 8.59. The van der Waals surface area contributed by atoms with Crippen molar-refractivity contribution in [3.63, 3.8) is 0 Å². The molecule has 138 valence electrons. The smallest absolute Gasteiger partial charge is 0.310 e. The van der Waals surface area contributed by atoms with Crippen molar-refractivity contribution in [1.29, 1.82) is 0 Å². The van der Waals surface area contributed by atoms with Gasteiger partial charge in [-0.25, -0.2) is 0 Å². The average Bonchev–Trinajstić information content (AvgIpc) is 2.66. The zero-order chi connectivity index (χ0) is 18.4. The average molecular weight is 358 g/mol. The van der Waals surface area contributed by atoms with Gasteiger partial charge in [0.1, 0.15) is 12.7 Å². The summed E-state index contributed by atoms with van der Waals surface area (Å²) in [6.45, 7) is 1.55. The molecular formula is C19H22N2O5. The second kappa shape index (κ2) is 8.75. The standard InChI is InChI=1S/C19H22N2O5/c22-15(13-26-18-8-4-3-7-17(18)21(23)24)11-20-12-19-16-6-2-1-5-14(16)9-10-25-19/h1-8,15,19-20,22H,9-13H2/t15-,19+/m1/s1. The molecule has 7 nitrogen and oxygen atoms in total. The number of ether oxygens (including phenoxy) is 2. The number of fused-ring (bicyclic) bond motifs is 1. The summed E-state index contributed by atoms with van der Waals surface area (Å²) >= 11 is 0. The van der Waals surface area contributed by atoms with Crippen LogP contribution in [0.2, 0.25) is 0 Å². The number of rotatable bonds is 8. The predicted molar refractivity (Wildman–Crippen MR) is 96.3 cm³/mol. The van der Waals surface area contributed by atoms with Crippen molar-refractivity contribution in [1.82, 2.24) is 5.32 Å². The van der Waals surface area contributed by atoms with Crippen LogP contribution >= 0.6 is 0 Å². The van der Waals surface area contributed by atoms with Gasteiger partial charge in [0.05, 0.1) is 17.6 Å². The number of aliphatic hydroxyl groups excluding tert-OH is 1. The van der Waals surface area contributed by atoms with Crippen LogP contribution in [-0.2, 0) is 11.2 Å². The lowest BCUT2D eigenvalue weighted by Crippen LogP contribution is -2.35. The van der Waals surface area contributed by atoms with Crippen LogP contribution in [0.1, 0.15) is 17.2 Å². The first kappa shape index (κ1) is 18.3. The molecule has 0 aromatic heterocycles. The van der Waals surface area contributed by atoms with Crippen LogP contribution in [0.15, 0.2) is 48.5 Å². The molecule has 26 heavy (non-hydrogen) atoms. The van der Waals surface area contributed by atoms with Crippen molar-refractivity contribution in [2.45, 2.75) is 18.6 Å². The summed E-state index contributed by atoms with van der Waals surface area (Å²) in [5, 5.41) is 24.2. The Hall–Kier alpha value is -2.48. The zero-order valence-electron chi connectivity index (χ0n) is 14.3. The van der Waals surface area contributed by atoms with Gasteiger partial charge in [0, 0.05) is 19.2 Å². The number of aliphatic hydroxyl groups is 1. The Labute approximate surface area is 151 Å². The van der Waals surface area contributed by atoms with Crippen LogP contribution in [0, 0.1) is 10.1 Å². The lowest BCUT2D eigenvalue weighted by molar-refractivity contribution is -0.385. The number of nitro benzene ring substituents is 1. The summed E-state index contributed by atoms with van der Waals surface area (Å²) in [6, 6.07) is 14.3. The Balaban J connectivity index is 1.46. The number of para-hydroxylation sites is 2. The minimum Gasteiger partial charge on any atom is -0.484 e. The number of benzene rings is 2. The molecule has 0 unspecified atom stereocenters. The minimum atomic E-state index is -0.784. The van der Waals surface area contributed by atoms with E-state index in [9.17, 15) is 15.2 Å². The molecule has 0 saturated heterocycles. The Bertz CT molecular complexity index is 752. The van der Waals surface area contributed by atoms with Crippen LogP contribution in [0.3, 0.4) is 0 Å². The third kappa shape index (κ3) is 4.57. The molecule has 1 aliphatic heterocycles. The fourth-order valence-electron chi connectivity index (χ4n) is 3.00. The molecule has 0 radical (unpaired) electrons. The van der Waals surface area contributed by atoms with E-state index in [0.29, 0.717) is 19.7 Å². The van der Waals surface area contributed by atoms with E-state index in [0.717, 1.165) is 6.42 Å². The van der Waals surface area contributed by atoms with Crippen LogP contribution < -0.4 is 10.1 Å². The second-order valence-corrected chi connectivity index (χ2v) is 6.16. The van der Waals surface area contributed by atoms with E-state index < -0.39 is 11.0 Å². The molecule has 2 N–H and O–H groups in total. The number of hydrogen-bond acceptors (Lipinski definition) is 6. The highest BCUT2D eigenvalue weighted by Gasteiger charge is 2.20. The van der Waals surface area contributed by atoms with E-state index in [4.69, 9.17) is 9.47 Å². The summed E-state index contributed by atoms with van der Waals surface area (Å²) in [5.74, 6) is 0.154. The maximum absolute atomic E-state index is 11.0. The molecule has 2 atom stereocenters. The molecular weight excluding hydrogens is 336 g/mol. The van der Waals surface area contributed by atoms with E-state index in [-0.39, 0.29) is 24.1 Å². The largest absolute Gasteiger partial charge is 0.484 e. The predicted octanol–water partition coefficient (Wildman–Crippen LogP) is 2.24. The maximum Gasteiger partial charge on any atom is 0.310 e. The zero-order valence-corrected chi connectivity index (χ0v) is 14.3. The van der Waals surface area contributed by atoms with Gasteiger partial charge in [0.15, 0.2) is 5.75 Å². The fourth-order valence-corrected chi connectivity index (χ4v) is 3.00. The van der Waals surface area contributed by atoms with Gasteiger partial charge < -0.3 is 19.9 Å². The van der Waals surface area contributed by atoms with Gasteiger partial charge in [-0.1, -0.05) is 36.4 Å². The summed E-state index contributed by atoms with van der Waals surface area (Å²) in [5.41, 5.74) is 2.36. The van der Waals surface area contributed by atoms with Crippen molar-refractivity contribution in [2.24, 2.45) is 0 Å². The molecule has 2 aromatic carbocycles. The number of nitro groups is 1. The highest BCUT2D eigenvalue weighted by atomic mass is 16.6. The van der Waals surface area contributed by atoms with E-state index in [1.165, 1.54) is 23.3 Å². The first-order chi connectivity index (χ1) is 12.6. The number of nitrogens with zero attached hydrogens (tertiary/aromatic N) is 1. The normalized spacial score (nSPS) is 17.3. The summed E-state index contributed by atoms with van der Waals surface area (Å²) in [4.78, 5) is 10.4. The number of hydrogen-bond donors (Lipinski definition) is 2. The second-order valence-electron chi connectivity index (χ2n) is 6.16. The van der Waals surface area contributed by atoms with Crippen LogP contribution in [0.5, 0.6) is 5.75 Å². The van der Waals surface area contributed by atoms with E-state index >= 15 is 0 Å². The van der Waals surface area contributed by atoms with Crippen molar-refractivity contribution < 1.29 is 19.5 Å². The molecule has 3 rings (SSSR count). The third-order valence-corrected chi connectivity index (χ3v) is 4.30. The van der Waals surface area contributed by atoms with Crippen LogP contribution in [-0.4, -0.2) is 42.4 Å². The Morgan fingerprint density at radius 3 is 2.88 bits per heavy atom. The van der Waals surface area contributed by atoms with Gasteiger partial charge in [-0.15, -0.1) is 0 Å². The highest BCUT2D eigenvalue weighted by molar-refractivity contribution is 5.45. The van der Waals surface area contributed by atoms with Crippen LogP contribution in [0.4, 0.5) is 5.69 Å². The molecule has 0 bridgehead atoms. The lowest BCUT2D eigenvalue weighted by atomic mass is 9.97. The summed E-state index contributed by atoms with van der Waals surface area (Å²) < 4.78 is 11.2. The maximum atomic E-state index is 11.0. The van der Waals surface area contributed by atoms with Crippen molar-refractivity contribution >= 4 is 5.69 Å². The van der Waals surface area contributed by atoms with Gasteiger partial charge in [-0.2, -0.15) is 0 Å². The molecule has 0 amide bonds. The topological polar surface area (TPSA) is 93.9 Å². The molecule has 0 fully saturated rings. The van der Waals surface area contributed by atoms with E-state index in [1.807, 2.05) is 12.1 Å². The lowest BCUT2D eigenvalue weighted by Gasteiger charge is -2.26. The van der Waals surface area contributed by atoms with Gasteiger partial charge in [-0.3, -0.25) is 10.1 Å². The van der Waals surface area contributed by atoms with Crippen molar-refractivity contribution in [3.05, 3.63) is 69.8 Å².